The van der Waals surface area contributed by atoms with Crippen molar-refractivity contribution in [2.24, 2.45) is 22.0 Å². The van der Waals surface area contributed by atoms with E-state index >= 15 is 0 Å². The van der Waals surface area contributed by atoms with Crippen LogP contribution in [0.5, 0.6) is 11.5 Å². The number of hydrogen-bond donors (Lipinski definition) is 0. The first-order valence-corrected chi connectivity index (χ1v) is 31.6. The van der Waals surface area contributed by atoms with E-state index in [4.69, 9.17) is 9.47 Å². The van der Waals surface area contributed by atoms with Gasteiger partial charge < -0.3 is 19.3 Å². The third-order valence-electron chi connectivity index (χ3n) is 17.2. The average molecular weight is 1110 g/mol. The van der Waals surface area contributed by atoms with Gasteiger partial charge >= 0.3 is 0 Å². The van der Waals surface area contributed by atoms with E-state index in [2.05, 4.69) is 124 Å². The van der Waals surface area contributed by atoms with E-state index in [9.17, 15) is 9.59 Å². The largest absolute Gasteiger partial charge is 0.494 e. The second kappa shape index (κ2) is 30.0. The smallest absolute Gasteiger partial charge is 0.280 e. The zero-order valence-corrected chi connectivity index (χ0v) is 52.2. The van der Waals surface area contributed by atoms with Gasteiger partial charge in [-0.1, -0.05) is 170 Å². The summed E-state index contributed by atoms with van der Waals surface area (Å²) < 4.78 is 13.0. The number of allylic oxidation sites excluding steroid dienone is 6. The number of rotatable bonds is 29. The van der Waals surface area contributed by atoms with Crippen LogP contribution < -0.4 is 29.3 Å². The van der Waals surface area contributed by atoms with Crippen molar-refractivity contribution >= 4 is 46.0 Å². The third kappa shape index (κ3) is 14.9. The van der Waals surface area contributed by atoms with E-state index in [1.807, 2.05) is 101 Å². The van der Waals surface area contributed by atoms with Gasteiger partial charge in [0.15, 0.2) is 0 Å². The molecule has 0 aliphatic carbocycles. The fourth-order valence-corrected chi connectivity index (χ4v) is 12.1. The SMILES string of the molecule is CC.CCCCCCC(CC)CN1/C(=C\C=C2/C(=O)N(c3ccccc3)N=C2C)C(C)(C)c2cc(OCCCCCCOc3ccc4c(c3)C(C)(C)/C(=C\C=C3\C(=O)N(c5ccccc5)N=C3C)N4CC(CC)CCCCCC)ccc21. The highest BCUT2D eigenvalue weighted by atomic mass is 16.5. The quantitative estimate of drug-likeness (QED) is 0.0397. The Morgan fingerprint density at radius 1 is 0.488 bits per heavy atom. The van der Waals surface area contributed by atoms with Gasteiger partial charge in [-0.25, -0.2) is 0 Å². The van der Waals surface area contributed by atoms with Crippen LogP contribution in [-0.2, 0) is 20.4 Å². The number of carbonyl (C=O) groups excluding carboxylic acids is 2. The minimum absolute atomic E-state index is 0.102. The van der Waals surface area contributed by atoms with Crippen LogP contribution in [-0.4, -0.2) is 49.5 Å². The molecule has 4 aliphatic heterocycles. The van der Waals surface area contributed by atoms with Gasteiger partial charge in [0.25, 0.3) is 11.8 Å². The molecule has 10 nitrogen and oxygen atoms in total. The number of carbonyl (C=O) groups is 2. The molecule has 2 amide bonds. The van der Waals surface area contributed by atoms with Crippen LogP contribution in [0.2, 0.25) is 0 Å². The molecule has 4 aromatic carbocycles. The summed E-state index contributed by atoms with van der Waals surface area (Å²) in [7, 11) is 0. The topological polar surface area (TPSA) is 90.3 Å². The average Bonchev–Trinajstić information content (AvgIpc) is 4.32. The van der Waals surface area contributed by atoms with E-state index in [1.165, 1.54) is 108 Å². The van der Waals surface area contributed by atoms with Gasteiger partial charge in [0.05, 0.1) is 47.2 Å². The van der Waals surface area contributed by atoms with Crippen LogP contribution in [0.4, 0.5) is 22.7 Å². The standard InChI is InChI=1S/C70H92N6O4.C2H6/c1-11-15-17-23-31-53(13-3)49-73-63-41-37-57(47-61(63)69(7,8)65(73)43-39-59-51(5)71-75(67(59)77)55-33-25-21-26-34-55)79-45-29-19-20-30-46-80-58-38-42-64-62(48-58)70(9,10)66(74(64)50-54(14-4)32-24-18-16-12-2)44-40-60-52(6)72-76(68(60)78)56-35-27-22-28-36-56;1-2/h21-22,25-28,33-44,47-48,53-54H,11-20,23-24,29-32,45-46,49-50H2,1-10H3;1-2H3/b59-39-,60-40+,65-43-,66-44+;. The highest BCUT2D eigenvalue weighted by Gasteiger charge is 2.43. The molecule has 4 aromatic rings. The summed E-state index contributed by atoms with van der Waals surface area (Å²) in [5, 5.41) is 12.4. The van der Waals surface area contributed by atoms with Gasteiger partial charge in [-0.05, 0) is 160 Å². The van der Waals surface area contributed by atoms with Crippen LogP contribution in [0.1, 0.15) is 197 Å². The van der Waals surface area contributed by atoms with Crippen molar-refractivity contribution in [3.05, 3.63) is 155 Å². The number of fused-ring (bicyclic) bond motifs is 2. The maximum Gasteiger partial charge on any atom is 0.280 e. The van der Waals surface area contributed by atoms with Gasteiger partial charge in [0, 0.05) is 46.7 Å². The molecule has 0 N–H and O–H groups in total. The number of hydrogen-bond acceptors (Lipinski definition) is 8. The molecule has 4 aliphatic rings. The van der Waals surface area contributed by atoms with Crippen LogP contribution in [0.3, 0.4) is 0 Å². The molecular formula is C72H98N6O4. The molecule has 10 heteroatoms. The van der Waals surface area contributed by atoms with Crippen LogP contribution in [0.25, 0.3) is 0 Å². The monoisotopic (exact) mass is 1110 g/mol. The summed E-state index contributed by atoms with van der Waals surface area (Å²) in [5.41, 5.74) is 10.9. The highest BCUT2D eigenvalue weighted by Crippen LogP contribution is 2.51. The predicted octanol–water partition coefficient (Wildman–Crippen LogP) is 18.4. The molecule has 4 heterocycles. The maximum absolute atomic E-state index is 13.8. The predicted molar refractivity (Wildman–Crippen MR) is 346 cm³/mol. The summed E-state index contributed by atoms with van der Waals surface area (Å²) >= 11 is 0. The van der Waals surface area contributed by atoms with Crippen molar-refractivity contribution in [1.29, 1.82) is 0 Å². The highest BCUT2D eigenvalue weighted by molar-refractivity contribution is 6.30. The first-order chi connectivity index (χ1) is 39.7. The summed E-state index contributed by atoms with van der Waals surface area (Å²) in [5.74, 6) is 2.70. The van der Waals surface area contributed by atoms with E-state index in [-0.39, 0.29) is 22.6 Å². The second-order valence-electron chi connectivity index (χ2n) is 23.7. The van der Waals surface area contributed by atoms with Gasteiger partial charge in [-0.2, -0.15) is 20.2 Å². The van der Waals surface area contributed by atoms with Crippen molar-refractivity contribution in [2.75, 3.05) is 46.1 Å². The molecule has 82 heavy (non-hydrogen) atoms. The van der Waals surface area contributed by atoms with Crippen molar-refractivity contribution in [2.45, 2.75) is 197 Å². The lowest BCUT2D eigenvalue weighted by molar-refractivity contribution is -0.115. The number of benzene rings is 4. The maximum atomic E-state index is 13.8. The van der Waals surface area contributed by atoms with Crippen LogP contribution >= 0.6 is 0 Å². The lowest BCUT2D eigenvalue weighted by Gasteiger charge is -2.30. The Bertz CT molecular complexity index is 2750. The number of para-hydroxylation sites is 2. The van der Waals surface area contributed by atoms with Gasteiger partial charge in [0.2, 0.25) is 0 Å². The lowest BCUT2D eigenvalue weighted by atomic mass is 9.83. The van der Waals surface area contributed by atoms with Crippen molar-refractivity contribution < 1.29 is 19.1 Å². The molecule has 2 atom stereocenters. The summed E-state index contributed by atoms with van der Waals surface area (Å²) in [6.45, 7) is 29.4. The third-order valence-corrected chi connectivity index (χ3v) is 17.2. The fourth-order valence-electron chi connectivity index (χ4n) is 12.1. The number of hydrazone groups is 2. The Kier molecular flexibility index (Phi) is 23.0. The number of unbranched alkanes of at least 4 members (excludes halogenated alkanes) is 9. The number of anilines is 4. The molecule has 0 spiro atoms. The molecule has 2 unspecified atom stereocenters. The zero-order valence-electron chi connectivity index (χ0n) is 52.2. The number of nitrogens with zero attached hydrogens (tertiary/aromatic N) is 6. The molecule has 0 bridgehead atoms. The van der Waals surface area contributed by atoms with Crippen molar-refractivity contribution in [1.82, 2.24) is 0 Å². The van der Waals surface area contributed by atoms with Crippen LogP contribution in [0, 0.1) is 11.8 Å². The first-order valence-electron chi connectivity index (χ1n) is 31.6. The normalized spacial score (nSPS) is 18.8. The molecule has 0 saturated heterocycles. The van der Waals surface area contributed by atoms with Crippen molar-refractivity contribution in [3.63, 3.8) is 0 Å². The molecule has 0 saturated carbocycles. The fraction of sp³-hybridized carbons (Fsp3) is 0.500. The van der Waals surface area contributed by atoms with E-state index in [0.717, 1.165) is 85.9 Å². The van der Waals surface area contributed by atoms with E-state index < -0.39 is 0 Å². The Labute approximate surface area is 494 Å². The Balaban J connectivity index is 0.00000479. The molecule has 0 aromatic heterocycles. The summed E-state index contributed by atoms with van der Waals surface area (Å²) in [6, 6.07) is 32.6. The zero-order chi connectivity index (χ0) is 58.8. The summed E-state index contributed by atoms with van der Waals surface area (Å²) in [4.78, 5) is 32.6. The molecule has 0 fully saturated rings. The minimum Gasteiger partial charge on any atom is -0.494 e. The molecule has 8 rings (SSSR count). The Morgan fingerprint density at radius 3 is 1.23 bits per heavy atom. The molecule has 440 valence electrons. The number of ether oxygens (including phenoxy) is 2. The van der Waals surface area contributed by atoms with Gasteiger partial charge in [-0.3, -0.25) is 9.59 Å². The lowest BCUT2D eigenvalue weighted by Crippen LogP contribution is -2.30. The minimum atomic E-state index is -0.313. The Morgan fingerprint density at radius 2 is 0.866 bits per heavy atom. The van der Waals surface area contributed by atoms with E-state index in [1.54, 1.807) is 0 Å². The molecule has 0 radical (unpaired) electrons. The summed E-state index contributed by atoms with van der Waals surface area (Å²) in [6.07, 6.45) is 27.1. The molecular weight excluding hydrogens is 1010 g/mol. The van der Waals surface area contributed by atoms with Gasteiger partial charge in [0.1, 0.15) is 11.5 Å². The number of amides is 2. The van der Waals surface area contributed by atoms with Crippen LogP contribution in [0.15, 0.2) is 154 Å². The first kappa shape index (κ1) is 62.9. The second-order valence-corrected chi connectivity index (χ2v) is 23.7. The Hall–Kier alpha value is -6.68. The van der Waals surface area contributed by atoms with E-state index in [0.29, 0.717) is 36.2 Å². The van der Waals surface area contributed by atoms with Crippen molar-refractivity contribution in [3.8, 4) is 11.5 Å². The van der Waals surface area contributed by atoms with Gasteiger partial charge in [-0.15, -0.1) is 0 Å².